The summed E-state index contributed by atoms with van der Waals surface area (Å²) in [6, 6.07) is 0. The zero-order chi connectivity index (χ0) is 23.0. The minimum atomic E-state index is -4.57. The topological polar surface area (TPSA) is 66.4 Å². The van der Waals surface area contributed by atoms with Gasteiger partial charge in [0.15, 0.2) is 0 Å². The number of rotatable bonds is 25. The molecule has 0 saturated heterocycles. The van der Waals surface area contributed by atoms with E-state index in [1.54, 1.807) is 0 Å². The van der Waals surface area contributed by atoms with Crippen LogP contribution in [0.3, 0.4) is 0 Å². The normalized spacial score (nSPS) is 12.6. The van der Waals surface area contributed by atoms with Crippen LogP contribution in [0.4, 0.5) is 0 Å². The monoisotopic (exact) mass is 500 g/mol. The third-order valence-corrected chi connectivity index (χ3v) is 6.80. The quantitative estimate of drug-likeness (QED) is 0.0697. The second-order valence-electron chi connectivity index (χ2n) is 9.50. The van der Waals surface area contributed by atoms with Crippen molar-refractivity contribution in [2.75, 3.05) is 6.61 Å². The molecule has 0 aromatic carbocycles. The van der Waals surface area contributed by atoms with Gasteiger partial charge in [0.1, 0.15) is 0 Å². The molecule has 0 radical (unpaired) electrons. The molecule has 0 fully saturated rings. The minimum absolute atomic E-state index is 0. The van der Waals surface area contributed by atoms with Crippen molar-refractivity contribution in [1.29, 1.82) is 0 Å². The first-order valence-electron chi connectivity index (χ1n) is 13.6. The Morgan fingerprint density at radius 3 is 1.12 bits per heavy atom. The second-order valence-corrected chi connectivity index (χ2v) is 10.6. The van der Waals surface area contributed by atoms with E-state index in [4.69, 9.17) is 0 Å². The van der Waals surface area contributed by atoms with Gasteiger partial charge in [-0.1, -0.05) is 142 Å². The van der Waals surface area contributed by atoms with Crippen LogP contribution in [0.5, 0.6) is 0 Å². The fraction of sp³-hybridized carbons (Fsp3) is 1.00. The van der Waals surface area contributed by atoms with Gasteiger partial charge < -0.3 is 4.55 Å². The van der Waals surface area contributed by atoms with Crippen LogP contribution in [0.1, 0.15) is 155 Å². The first-order valence-corrected chi connectivity index (χ1v) is 14.9. The van der Waals surface area contributed by atoms with Gasteiger partial charge in [0.25, 0.3) is 0 Å². The molecule has 0 saturated carbocycles. The van der Waals surface area contributed by atoms with Crippen molar-refractivity contribution in [3.63, 3.8) is 0 Å². The van der Waals surface area contributed by atoms with Crippen LogP contribution in [-0.2, 0) is 14.6 Å². The Kier molecular flexibility index (Phi) is 30.2. The smallest absolute Gasteiger partial charge is 0.726 e. The predicted octanol–water partition coefficient (Wildman–Crippen LogP) is 5.71. The SMILES string of the molecule is CCCCCCCCCCCCCC(CCCCCCCCCCC)COS(=O)(=O)[O-].[K+]. The summed E-state index contributed by atoms with van der Waals surface area (Å²) in [5, 5.41) is 0. The molecule has 0 N–H and O–H groups in total. The largest absolute Gasteiger partial charge is 1.00 e. The van der Waals surface area contributed by atoms with Crippen molar-refractivity contribution in [3.05, 3.63) is 0 Å². The van der Waals surface area contributed by atoms with Crippen molar-refractivity contribution >= 4 is 10.4 Å². The average Bonchev–Trinajstić information content (AvgIpc) is 2.73. The van der Waals surface area contributed by atoms with Crippen LogP contribution in [0.15, 0.2) is 0 Å². The number of hydrogen-bond donors (Lipinski definition) is 0. The van der Waals surface area contributed by atoms with E-state index in [0.717, 1.165) is 25.7 Å². The molecular weight excluding hydrogens is 447 g/mol. The second kappa shape index (κ2) is 27.1. The maximum Gasteiger partial charge on any atom is 1.00 e. The van der Waals surface area contributed by atoms with E-state index in [1.165, 1.54) is 116 Å². The van der Waals surface area contributed by atoms with E-state index in [-0.39, 0.29) is 63.9 Å². The maximum absolute atomic E-state index is 10.8. The molecule has 188 valence electrons. The fourth-order valence-corrected chi connectivity index (χ4v) is 4.69. The van der Waals surface area contributed by atoms with Crippen LogP contribution < -0.4 is 51.4 Å². The van der Waals surface area contributed by atoms with Gasteiger partial charge >= 0.3 is 51.4 Å². The van der Waals surface area contributed by atoms with Crippen LogP contribution in [0.2, 0.25) is 0 Å². The first-order chi connectivity index (χ1) is 15.0. The Morgan fingerprint density at radius 2 is 0.844 bits per heavy atom. The van der Waals surface area contributed by atoms with Crippen LogP contribution >= 0.6 is 0 Å². The summed E-state index contributed by atoms with van der Waals surface area (Å²) in [5.74, 6) is 0.201. The zero-order valence-electron chi connectivity index (χ0n) is 21.9. The van der Waals surface area contributed by atoms with Gasteiger partial charge in [-0.3, -0.25) is 4.18 Å². The summed E-state index contributed by atoms with van der Waals surface area (Å²) in [7, 11) is -4.57. The third kappa shape index (κ3) is 29.5. The summed E-state index contributed by atoms with van der Waals surface area (Å²) >= 11 is 0. The van der Waals surface area contributed by atoms with E-state index >= 15 is 0 Å². The molecule has 0 aliphatic rings. The van der Waals surface area contributed by atoms with E-state index < -0.39 is 10.4 Å². The molecule has 0 aliphatic heterocycles. The van der Waals surface area contributed by atoms with Gasteiger partial charge in [-0.2, -0.15) is 0 Å². The summed E-state index contributed by atoms with van der Waals surface area (Å²) in [5.41, 5.74) is 0. The van der Waals surface area contributed by atoms with E-state index in [2.05, 4.69) is 18.0 Å². The molecule has 1 unspecified atom stereocenters. The molecule has 0 bridgehead atoms. The Morgan fingerprint density at radius 1 is 0.562 bits per heavy atom. The molecule has 0 heterocycles. The van der Waals surface area contributed by atoms with Gasteiger partial charge in [0, 0.05) is 0 Å². The average molecular weight is 501 g/mol. The molecule has 0 rings (SSSR count). The van der Waals surface area contributed by atoms with Crippen molar-refractivity contribution < 1.29 is 68.5 Å². The van der Waals surface area contributed by atoms with Gasteiger partial charge in [-0.05, 0) is 18.8 Å². The zero-order valence-corrected chi connectivity index (χ0v) is 25.8. The summed E-state index contributed by atoms with van der Waals surface area (Å²) in [6.45, 7) is 4.57. The van der Waals surface area contributed by atoms with Crippen LogP contribution in [-0.4, -0.2) is 19.6 Å². The number of unbranched alkanes of at least 4 members (excludes halogenated alkanes) is 18. The molecule has 0 aromatic heterocycles. The summed E-state index contributed by atoms with van der Waals surface area (Å²) in [4.78, 5) is 0. The molecule has 0 aromatic rings. The molecule has 6 heteroatoms. The molecule has 1 atom stereocenters. The Bertz CT molecular complexity index is 457. The van der Waals surface area contributed by atoms with E-state index in [9.17, 15) is 13.0 Å². The van der Waals surface area contributed by atoms with Gasteiger partial charge in [0.2, 0.25) is 10.4 Å². The first kappa shape index (κ1) is 35.7. The van der Waals surface area contributed by atoms with Gasteiger partial charge in [-0.25, -0.2) is 8.42 Å². The third-order valence-electron chi connectivity index (χ3n) is 6.38. The van der Waals surface area contributed by atoms with Crippen molar-refractivity contribution in [2.24, 2.45) is 5.92 Å². The van der Waals surface area contributed by atoms with Crippen LogP contribution in [0.25, 0.3) is 0 Å². The Labute approximate surface area is 244 Å². The molecule has 0 spiro atoms. The molecule has 0 amide bonds. The summed E-state index contributed by atoms with van der Waals surface area (Å²) in [6.07, 6.45) is 27.9. The van der Waals surface area contributed by atoms with Crippen molar-refractivity contribution in [2.45, 2.75) is 155 Å². The van der Waals surface area contributed by atoms with Crippen molar-refractivity contribution in [3.8, 4) is 0 Å². The fourth-order valence-electron chi connectivity index (χ4n) is 4.33. The molecule has 0 aliphatic carbocycles. The maximum atomic E-state index is 10.8. The van der Waals surface area contributed by atoms with Gasteiger partial charge in [0.05, 0.1) is 6.61 Å². The molecule has 32 heavy (non-hydrogen) atoms. The molecular formula is C26H53KO4S. The van der Waals surface area contributed by atoms with E-state index in [0.29, 0.717) is 0 Å². The Balaban J connectivity index is 0. The number of hydrogen-bond acceptors (Lipinski definition) is 4. The molecule has 4 nitrogen and oxygen atoms in total. The Hall–Kier alpha value is 1.51. The van der Waals surface area contributed by atoms with E-state index in [1.807, 2.05) is 0 Å². The minimum Gasteiger partial charge on any atom is -0.726 e. The summed E-state index contributed by atoms with van der Waals surface area (Å²) < 4.78 is 37.1. The van der Waals surface area contributed by atoms with Gasteiger partial charge in [-0.15, -0.1) is 0 Å². The standard InChI is InChI=1S/C26H54O4S.K/c1-3-5-7-9-11-13-14-16-18-20-22-24-26(25-30-31(27,28)29)23-21-19-17-15-12-10-8-6-4-2;/h26H,3-25H2,1-2H3,(H,27,28,29);/q;+1/p-1. The van der Waals surface area contributed by atoms with Crippen LogP contribution in [0, 0.1) is 5.92 Å². The predicted molar refractivity (Wildman–Crippen MR) is 132 cm³/mol. The van der Waals surface area contributed by atoms with Crippen molar-refractivity contribution in [1.82, 2.24) is 0 Å².